The summed E-state index contributed by atoms with van der Waals surface area (Å²) >= 11 is 0. The summed E-state index contributed by atoms with van der Waals surface area (Å²) in [6, 6.07) is 5.90. The van der Waals surface area contributed by atoms with Crippen LogP contribution in [-0.2, 0) is 6.54 Å². The van der Waals surface area contributed by atoms with Crippen LogP contribution in [0.15, 0.2) is 36.7 Å². The lowest BCUT2D eigenvalue weighted by molar-refractivity contribution is 0.00755. The third kappa shape index (κ3) is 4.89. The molecule has 2 aromatic heterocycles. The van der Waals surface area contributed by atoms with Gasteiger partial charge >= 0.3 is 0 Å². The van der Waals surface area contributed by atoms with Crippen LogP contribution in [0.3, 0.4) is 0 Å². The van der Waals surface area contributed by atoms with Crippen LogP contribution in [0.25, 0.3) is 16.6 Å². The molecule has 1 aliphatic rings. The molecule has 1 fully saturated rings. The number of benzene rings is 1. The number of aromatic nitrogens is 3. The van der Waals surface area contributed by atoms with Crippen molar-refractivity contribution in [1.29, 1.82) is 5.41 Å². The molecule has 1 saturated carbocycles. The molecule has 0 spiro atoms. The summed E-state index contributed by atoms with van der Waals surface area (Å²) in [6.07, 6.45) is 3.98. The Kier molecular flexibility index (Phi) is 6.17. The van der Waals surface area contributed by atoms with Crippen LogP contribution in [0.1, 0.15) is 52.6 Å². The fraction of sp³-hybridized carbons (Fsp3) is 0.304. The highest BCUT2D eigenvalue weighted by Gasteiger charge is 2.41. The Morgan fingerprint density at radius 3 is 2.88 bits per heavy atom. The SMILES string of the molecule is CN/C=C(\C=N)c1cc(F)cc(CNC(=O)c2nccc3nc(C4CCC(F)(F)C4)[nH]c23)c1. The summed E-state index contributed by atoms with van der Waals surface area (Å²) in [4.78, 5) is 24.4. The van der Waals surface area contributed by atoms with E-state index in [4.69, 9.17) is 5.41 Å². The molecular weight excluding hydrogens is 433 g/mol. The predicted molar refractivity (Wildman–Crippen MR) is 119 cm³/mol. The molecule has 2 heterocycles. The molecule has 10 heteroatoms. The van der Waals surface area contributed by atoms with E-state index >= 15 is 0 Å². The van der Waals surface area contributed by atoms with Crippen LogP contribution in [0.4, 0.5) is 13.2 Å². The summed E-state index contributed by atoms with van der Waals surface area (Å²) < 4.78 is 41.3. The van der Waals surface area contributed by atoms with Crippen LogP contribution in [0.2, 0.25) is 0 Å². The first-order chi connectivity index (χ1) is 15.8. The van der Waals surface area contributed by atoms with E-state index in [0.29, 0.717) is 40.0 Å². The lowest BCUT2D eigenvalue weighted by Gasteiger charge is -2.09. The highest BCUT2D eigenvalue weighted by atomic mass is 19.3. The maximum absolute atomic E-state index is 14.1. The number of amides is 1. The standard InChI is InChI=1S/C23H23F3N6O/c1-28-12-16(10-27)15-6-13(7-17(24)8-15)11-30-22(33)20-19-18(3-5-29-20)31-21(32-19)14-2-4-23(25,26)9-14/h3,5-8,10,12,14,27-28H,2,4,9,11H2,1H3,(H,30,33)(H,31,32)/b16-12+,27-10?. The fourth-order valence-corrected chi connectivity index (χ4v) is 4.05. The van der Waals surface area contributed by atoms with Crippen molar-refractivity contribution in [1.82, 2.24) is 25.6 Å². The van der Waals surface area contributed by atoms with Crippen molar-refractivity contribution < 1.29 is 18.0 Å². The van der Waals surface area contributed by atoms with Crippen molar-refractivity contribution >= 4 is 28.7 Å². The number of fused-ring (bicyclic) bond motifs is 1. The van der Waals surface area contributed by atoms with Gasteiger partial charge in [0.25, 0.3) is 5.91 Å². The van der Waals surface area contributed by atoms with Gasteiger partial charge in [0, 0.05) is 56.5 Å². The number of halogens is 3. The minimum Gasteiger partial charge on any atom is -0.393 e. The van der Waals surface area contributed by atoms with Gasteiger partial charge in [-0.05, 0) is 41.8 Å². The number of carbonyl (C=O) groups is 1. The number of rotatable bonds is 7. The Morgan fingerprint density at radius 2 is 2.18 bits per heavy atom. The molecule has 1 atom stereocenters. The number of hydrogen-bond acceptors (Lipinski definition) is 5. The molecule has 1 unspecified atom stereocenters. The number of carbonyl (C=O) groups excluding carboxylic acids is 1. The maximum atomic E-state index is 14.1. The van der Waals surface area contributed by atoms with Crippen LogP contribution in [-0.4, -0.2) is 40.0 Å². The number of imidazole rings is 1. The highest BCUT2D eigenvalue weighted by molar-refractivity contribution is 6.08. The predicted octanol–water partition coefficient (Wildman–Crippen LogP) is 4.14. The fourth-order valence-electron chi connectivity index (χ4n) is 4.05. The summed E-state index contributed by atoms with van der Waals surface area (Å²) in [5.74, 6) is -3.67. The largest absolute Gasteiger partial charge is 0.393 e. The maximum Gasteiger partial charge on any atom is 0.272 e. The Morgan fingerprint density at radius 1 is 1.36 bits per heavy atom. The highest BCUT2D eigenvalue weighted by Crippen LogP contribution is 2.43. The first-order valence-corrected chi connectivity index (χ1v) is 10.5. The normalized spacial score (nSPS) is 17.8. The zero-order chi connectivity index (χ0) is 23.6. The van der Waals surface area contributed by atoms with Crippen LogP contribution < -0.4 is 10.6 Å². The molecule has 4 rings (SSSR count). The number of aromatic amines is 1. The van der Waals surface area contributed by atoms with Gasteiger partial charge in [-0.15, -0.1) is 0 Å². The van der Waals surface area contributed by atoms with Crippen molar-refractivity contribution in [3.63, 3.8) is 0 Å². The Hall–Kier alpha value is -3.69. The van der Waals surface area contributed by atoms with E-state index in [2.05, 4.69) is 25.6 Å². The summed E-state index contributed by atoms with van der Waals surface area (Å²) in [5, 5.41) is 13.0. The van der Waals surface area contributed by atoms with Crippen molar-refractivity contribution in [2.24, 2.45) is 0 Å². The lowest BCUT2D eigenvalue weighted by Crippen LogP contribution is -2.24. The Balaban J connectivity index is 1.54. The number of alkyl halides is 2. The van der Waals surface area contributed by atoms with Gasteiger partial charge in [-0.2, -0.15) is 0 Å². The summed E-state index contributed by atoms with van der Waals surface area (Å²) in [6.45, 7) is 0.0301. The average molecular weight is 456 g/mol. The minimum absolute atomic E-state index is 0.0301. The van der Waals surface area contributed by atoms with Crippen LogP contribution in [0.5, 0.6) is 0 Å². The molecular formula is C23H23F3N6O. The Labute approximate surface area is 188 Å². The molecule has 0 bridgehead atoms. The second-order valence-corrected chi connectivity index (χ2v) is 8.03. The lowest BCUT2D eigenvalue weighted by atomic mass is 10.0. The van der Waals surface area contributed by atoms with Crippen molar-refractivity contribution in [3.8, 4) is 0 Å². The second-order valence-electron chi connectivity index (χ2n) is 8.03. The molecule has 4 N–H and O–H groups in total. The molecule has 0 radical (unpaired) electrons. The smallest absolute Gasteiger partial charge is 0.272 e. The molecule has 0 saturated heterocycles. The number of hydrogen-bond donors (Lipinski definition) is 4. The van der Waals surface area contributed by atoms with Gasteiger partial charge in [-0.25, -0.2) is 23.1 Å². The molecule has 7 nitrogen and oxygen atoms in total. The van der Waals surface area contributed by atoms with Crippen molar-refractivity contribution in [2.75, 3.05) is 7.05 Å². The molecule has 0 aliphatic heterocycles. The van der Waals surface area contributed by atoms with E-state index in [-0.39, 0.29) is 25.1 Å². The third-order valence-corrected chi connectivity index (χ3v) is 5.63. The summed E-state index contributed by atoms with van der Waals surface area (Å²) in [7, 11) is 1.68. The number of pyridine rings is 1. The van der Waals surface area contributed by atoms with Gasteiger partial charge in [-0.3, -0.25) is 4.79 Å². The quantitative estimate of drug-likeness (QED) is 0.401. The van der Waals surface area contributed by atoms with Gasteiger partial charge in [0.05, 0.1) is 11.0 Å². The molecule has 1 amide bonds. The van der Waals surface area contributed by atoms with Gasteiger partial charge in [0.15, 0.2) is 5.69 Å². The average Bonchev–Trinajstić information content (AvgIpc) is 3.38. The van der Waals surface area contributed by atoms with Gasteiger partial charge in [0.2, 0.25) is 5.92 Å². The van der Waals surface area contributed by atoms with E-state index < -0.39 is 23.6 Å². The van der Waals surface area contributed by atoms with E-state index in [1.165, 1.54) is 18.3 Å². The monoisotopic (exact) mass is 456 g/mol. The first-order valence-electron chi connectivity index (χ1n) is 10.5. The zero-order valence-corrected chi connectivity index (χ0v) is 17.9. The topological polar surface area (TPSA) is 107 Å². The van der Waals surface area contributed by atoms with E-state index in [1.54, 1.807) is 25.4 Å². The molecule has 1 aromatic carbocycles. The number of H-pyrrole nitrogens is 1. The number of allylic oxidation sites excluding steroid dienone is 1. The van der Waals surface area contributed by atoms with Gasteiger partial charge in [-0.1, -0.05) is 0 Å². The summed E-state index contributed by atoms with van der Waals surface area (Å²) in [5.41, 5.74) is 2.43. The van der Waals surface area contributed by atoms with Crippen molar-refractivity contribution in [2.45, 2.75) is 37.6 Å². The molecule has 33 heavy (non-hydrogen) atoms. The van der Waals surface area contributed by atoms with E-state index in [1.807, 2.05) is 0 Å². The van der Waals surface area contributed by atoms with E-state index in [9.17, 15) is 18.0 Å². The number of nitrogens with one attached hydrogen (secondary N) is 4. The van der Waals surface area contributed by atoms with Gasteiger partial charge < -0.3 is 21.0 Å². The minimum atomic E-state index is -2.70. The van der Waals surface area contributed by atoms with Crippen molar-refractivity contribution in [3.05, 3.63) is 65.1 Å². The number of nitrogens with zero attached hydrogens (tertiary/aromatic N) is 2. The van der Waals surface area contributed by atoms with Crippen LogP contribution in [0, 0.1) is 11.2 Å². The molecule has 1 aliphatic carbocycles. The van der Waals surface area contributed by atoms with Gasteiger partial charge in [0.1, 0.15) is 11.6 Å². The van der Waals surface area contributed by atoms with Crippen LogP contribution >= 0.6 is 0 Å². The molecule has 3 aromatic rings. The van der Waals surface area contributed by atoms with E-state index in [0.717, 1.165) is 6.21 Å². The third-order valence-electron chi connectivity index (χ3n) is 5.63. The zero-order valence-electron chi connectivity index (χ0n) is 17.9. The second kappa shape index (κ2) is 9.05. The molecule has 172 valence electrons. The Bertz CT molecular complexity index is 1240. The first kappa shape index (κ1) is 22.5.